The number of halogens is 2. The van der Waals surface area contributed by atoms with E-state index in [-0.39, 0.29) is 19.6 Å². The molecule has 1 atom stereocenters. The number of aliphatic hydroxyl groups is 1. The van der Waals surface area contributed by atoms with Gasteiger partial charge >= 0.3 is 6.09 Å². The van der Waals surface area contributed by atoms with Crippen LogP contribution in [0.3, 0.4) is 0 Å². The molecule has 0 bridgehead atoms. The number of rotatable bonds is 3. The van der Waals surface area contributed by atoms with E-state index in [1.807, 2.05) is 0 Å². The summed E-state index contributed by atoms with van der Waals surface area (Å²) < 4.78 is 37.3. The van der Waals surface area contributed by atoms with Crippen molar-refractivity contribution in [2.75, 3.05) is 19.8 Å². The Labute approximate surface area is 104 Å². The Morgan fingerprint density at radius 2 is 2.11 bits per heavy atom. The van der Waals surface area contributed by atoms with E-state index < -0.39 is 29.8 Å². The first-order chi connectivity index (χ1) is 8.12. The van der Waals surface area contributed by atoms with Crippen molar-refractivity contribution in [1.29, 1.82) is 0 Å². The van der Waals surface area contributed by atoms with Gasteiger partial charge in [-0.1, -0.05) is 0 Å². The standard InChI is InChI=1S/C11H19F2NO4/c1-9(2,3)18-8(16)14-10(4-5-17-7-10)11(12,13)6-15/h15H,4-7H2,1-3H3,(H,14,16). The summed E-state index contributed by atoms with van der Waals surface area (Å²) in [5, 5.41) is 10.9. The molecule has 1 amide bonds. The molecule has 1 heterocycles. The van der Waals surface area contributed by atoms with Gasteiger partial charge in [0.25, 0.3) is 5.92 Å². The van der Waals surface area contributed by atoms with Gasteiger partial charge in [0.1, 0.15) is 17.7 Å². The molecular weight excluding hydrogens is 248 g/mol. The van der Waals surface area contributed by atoms with E-state index in [9.17, 15) is 13.6 Å². The number of carbonyl (C=O) groups is 1. The van der Waals surface area contributed by atoms with Crippen molar-refractivity contribution >= 4 is 6.09 Å². The zero-order chi connectivity index (χ0) is 14.0. The van der Waals surface area contributed by atoms with E-state index in [4.69, 9.17) is 14.6 Å². The molecule has 1 unspecified atom stereocenters. The summed E-state index contributed by atoms with van der Waals surface area (Å²) in [4.78, 5) is 11.6. The maximum absolute atomic E-state index is 13.7. The Hall–Kier alpha value is -0.950. The number of alkyl carbamates (subject to hydrolysis) is 1. The van der Waals surface area contributed by atoms with E-state index in [0.29, 0.717) is 0 Å². The molecule has 5 nitrogen and oxygen atoms in total. The van der Waals surface area contributed by atoms with Crippen molar-refractivity contribution in [2.24, 2.45) is 0 Å². The lowest BCUT2D eigenvalue weighted by Crippen LogP contribution is -2.63. The van der Waals surface area contributed by atoms with Crippen LogP contribution in [0, 0.1) is 0 Å². The first kappa shape index (κ1) is 15.1. The predicted molar refractivity (Wildman–Crippen MR) is 59.6 cm³/mol. The summed E-state index contributed by atoms with van der Waals surface area (Å²) >= 11 is 0. The molecule has 1 aliphatic heterocycles. The van der Waals surface area contributed by atoms with Crippen LogP contribution in [0.4, 0.5) is 13.6 Å². The largest absolute Gasteiger partial charge is 0.444 e. The fourth-order valence-electron chi connectivity index (χ4n) is 1.69. The third kappa shape index (κ3) is 3.29. The van der Waals surface area contributed by atoms with Crippen molar-refractivity contribution in [1.82, 2.24) is 5.32 Å². The second kappa shape index (κ2) is 4.97. The quantitative estimate of drug-likeness (QED) is 0.808. The van der Waals surface area contributed by atoms with E-state index in [2.05, 4.69) is 5.32 Å². The Kier molecular flexibility index (Phi) is 4.17. The zero-order valence-electron chi connectivity index (χ0n) is 10.8. The van der Waals surface area contributed by atoms with Gasteiger partial charge in [-0.15, -0.1) is 0 Å². The molecule has 2 N–H and O–H groups in total. The molecule has 0 aromatic carbocycles. The maximum Gasteiger partial charge on any atom is 0.408 e. The van der Waals surface area contributed by atoms with Gasteiger partial charge in [-0.25, -0.2) is 13.6 Å². The highest BCUT2D eigenvalue weighted by Crippen LogP contribution is 2.35. The van der Waals surface area contributed by atoms with E-state index >= 15 is 0 Å². The summed E-state index contributed by atoms with van der Waals surface area (Å²) in [7, 11) is 0. The molecule has 0 spiro atoms. The number of hydrogen-bond donors (Lipinski definition) is 2. The van der Waals surface area contributed by atoms with Crippen LogP contribution in [0.2, 0.25) is 0 Å². The monoisotopic (exact) mass is 267 g/mol. The van der Waals surface area contributed by atoms with Crippen LogP contribution in [0.5, 0.6) is 0 Å². The molecule has 7 heteroatoms. The van der Waals surface area contributed by atoms with Gasteiger partial charge in [-0.2, -0.15) is 0 Å². The number of nitrogens with one attached hydrogen (secondary N) is 1. The first-order valence-electron chi connectivity index (χ1n) is 5.69. The lowest BCUT2D eigenvalue weighted by atomic mass is 9.91. The fourth-order valence-corrected chi connectivity index (χ4v) is 1.69. The van der Waals surface area contributed by atoms with Gasteiger partial charge in [-0.05, 0) is 20.8 Å². The number of aliphatic hydroxyl groups excluding tert-OH is 1. The highest BCUT2D eigenvalue weighted by atomic mass is 19.3. The summed E-state index contributed by atoms with van der Waals surface area (Å²) in [6, 6.07) is 0. The van der Waals surface area contributed by atoms with Gasteiger partial charge in [0.2, 0.25) is 0 Å². The van der Waals surface area contributed by atoms with Gasteiger partial charge in [0, 0.05) is 13.0 Å². The van der Waals surface area contributed by atoms with Crippen molar-refractivity contribution in [2.45, 2.75) is 44.3 Å². The average Bonchev–Trinajstić information content (AvgIpc) is 2.64. The maximum atomic E-state index is 13.7. The zero-order valence-corrected chi connectivity index (χ0v) is 10.8. The molecule has 106 valence electrons. The molecule has 0 aromatic rings. The Balaban J connectivity index is 2.79. The summed E-state index contributed by atoms with van der Waals surface area (Å²) in [5.41, 5.74) is -2.68. The molecule has 18 heavy (non-hydrogen) atoms. The Morgan fingerprint density at radius 3 is 2.50 bits per heavy atom. The number of amides is 1. The van der Waals surface area contributed by atoms with Gasteiger partial charge in [0.15, 0.2) is 0 Å². The third-order valence-electron chi connectivity index (χ3n) is 2.66. The Bertz CT molecular complexity index is 309. The molecule has 0 saturated carbocycles. The van der Waals surface area contributed by atoms with Crippen molar-refractivity contribution in [3.05, 3.63) is 0 Å². The molecule has 0 aromatic heterocycles. The van der Waals surface area contributed by atoms with Gasteiger partial charge in [-0.3, -0.25) is 0 Å². The van der Waals surface area contributed by atoms with Crippen molar-refractivity contribution in [3.8, 4) is 0 Å². The van der Waals surface area contributed by atoms with Crippen LogP contribution in [0.25, 0.3) is 0 Å². The molecule has 1 saturated heterocycles. The predicted octanol–water partition coefficient (Wildman–Crippen LogP) is 1.30. The van der Waals surface area contributed by atoms with Crippen LogP contribution in [-0.2, 0) is 9.47 Å². The average molecular weight is 267 g/mol. The van der Waals surface area contributed by atoms with Crippen LogP contribution in [0.15, 0.2) is 0 Å². The van der Waals surface area contributed by atoms with Crippen molar-refractivity contribution in [3.63, 3.8) is 0 Å². The van der Waals surface area contributed by atoms with Crippen LogP contribution >= 0.6 is 0 Å². The fraction of sp³-hybridized carbons (Fsp3) is 0.909. The highest BCUT2D eigenvalue weighted by molar-refractivity contribution is 5.69. The first-order valence-corrected chi connectivity index (χ1v) is 5.69. The normalized spacial score (nSPS) is 25.0. The number of carbonyl (C=O) groups excluding carboxylic acids is 1. The lowest BCUT2D eigenvalue weighted by Gasteiger charge is -2.36. The van der Waals surface area contributed by atoms with Crippen LogP contribution < -0.4 is 5.32 Å². The SMILES string of the molecule is CC(C)(C)OC(=O)NC1(C(F)(F)CO)CCOC1. The van der Waals surface area contributed by atoms with E-state index in [1.165, 1.54) is 0 Å². The minimum Gasteiger partial charge on any atom is -0.444 e. The van der Waals surface area contributed by atoms with Gasteiger partial charge < -0.3 is 19.9 Å². The molecular formula is C11H19F2NO4. The second-order valence-electron chi connectivity index (χ2n) is 5.37. The smallest absolute Gasteiger partial charge is 0.408 e. The van der Waals surface area contributed by atoms with Gasteiger partial charge in [0.05, 0.1) is 6.61 Å². The summed E-state index contributed by atoms with van der Waals surface area (Å²) in [6.45, 7) is 3.30. The lowest BCUT2D eigenvalue weighted by molar-refractivity contribution is -0.123. The summed E-state index contributed by atoms with van der Waals surface area (Å²) in [6.07, 6.45) is -1.01. The highest BCUT2D eigenvalue weighted by Gasteiger charge is 2.57. The molecule has 1 rings (SSSR count). The second-order valence-corrected chi connectivity index (χ2v) is 5.37. The Morgan fingerprint density at radius 1 is 1.50 bits per heavy atom. The number of alkyl halides is 2. The van der Waals surface area contributed by atoms with E-state index in [0.717, 1.165) is 0 Å². The van der Waals surface area contributed by atoms with E-state index in [1.54, 1.807) is 20.8 Å². The topological polar surface area (TPSA) is 67.8 Å². The van der Waals surface area contributed by atoms with Crippen LogP contribution in [-0.4, -0.2) is 48.1 Å². The third-order valence-corrected chi connectivity index (χ3v) is 2.66. The molecule has 0 aliphatic carbocycles. The minimum atomic E-state index is -3.46. The van der Waals surface area contributed by atoms with Crippen molar-refractivity contribution < 1.29 is 28.2 Å². The number of hydrogen-bond acceptors (Lipinski definition) is 4. The molecule has 0 radical (unpaired) electrons. The number of ether oxygens (including phenoxy) is 2. The van der Waals surface area contributed by atoms with Crippen LogP contribution in [0.1, 0.15) is 27.2 Å². The molecule has 1 aliphatic rings. The molecule has 1 fully saturated rings. The minimum absolute atomic E-state index is 0.0696. The summed E-state index contributed by atoms with van der Waals surface area (Å²) in [5.74, 6) is -3.46.